The predicted octanol–water partition coefficient (Wildman–Crippen LogP) is 4.11. The summed E-state index contributed by atoms with van der Waals surface area (Å²) in [5.74, 6) is 0. The van der Waals surface area contributed by atoms with Gasteiger partial charge in [0.05, 0.1) is 0 Å². The molecule has 2 N–H and O–H groups in total. The van der Waals surface area contributed by atoms with Gasteiger partial charge in [0.1, 0.15) is 0 Å². The van der Waals surface area contributed by atoms with Gasteiger partial charge >= 0.3 is 0 Å². The van der Waals surface area contributed by atoms with E-state index in [-0.39, 0.29) is 0 Å². The van der Waals surface area contributed by atoms with E-state index in [1.165, 1.54) is 11.1 Å². The summed E-state index contributed by atoms with van der Waals surface area (Å²) in [6.07, 6.45) is 0. The largest absolute Gasteiger partial charge is 0.332 e. The number of rotatable bonds is 2. The van der Waals surface area contributed by atoms with Crippen LogP contribution in [-0.4, -0.2) is 5.11 Å². The maximum atomic E-state index is 5.27. The third-order valence-electron chi connectivity index (χ3n) is 2.80. The quantitative estimate of drug-likeness (QED) is 0.791. The highest BCUT2D eigenvalue weighted by Crippen LogP contribution is 2.14. The second-order valence-corrected chi connectivity index (χ2v) is 4.65. The number of benzene rings is 2. The average molecular weight is 256 g/mol. The Morgan fingerprint density at radius 2 is 1.50 bits per heavy atom. The molecule has 92 valence electrons. The number of anilines is 2. The molecule has 2 aromatic carbocycles. The third-order valence-corrected chi connectivity index (χ3v) is 3.00. The lowest BCUT2D eigenvalue weighted by molar-refractivity contribution is 1.34. The third kappa shape index (κ3) is 3.31. The van der Waals surface area contributed by atoms with E-state index < -0.39 is 0 Å². The molecule has 0 saturated carbocycles. The molecule has 0 bridgehead atoms. The first-order chi connectivity index (χ1) is 8.65. The van der Waals surface area contributed by atoms with E-state index in [4.69, 9.17) is 12.2 Å². The van der Waals surface area contributed by atoms with Gasteiger partial charge in [-0.15, -0.1) is 0 Å². The molecule has 0 atom stereocenters. The van der Waals surface area contributed by atoms with Crippen LogP contribution in [0.25, 0.3) is 0 Å². The Bertz CT molecular complexity index is 550. The topological polar surface area (TPSA) is 24.1 Å². The molecule has 0 radical (unpaired) electrons. The first-order valence-electron chi connectivity index (χ1n) is 5.85. The summed E-state index contributed by atoms with van der Waals surface area (Å²) in [5, 5.41) is 6.92. The van der Waals surface area contributed by atoms with Gasteiger partial charge in [-0.25, -0.2) is 0 Å². The minimum Gasteiger partial charge on any atom is -0.332 e. The molecule has 0 heterocycles. The van der Waals surface area contributed by atoms with Crippen molar-refractivity contribution >= 4 is 28.7 Å². The Hall–Kier alpha value is -1.87. The lowest BCUT2D eigenvalue weighted by Gasteiger charge is -2.11. The van der Waals surface area contributed by atoms with Gasteiger partial charge < -0.3 is 10.6 Å². The van der Waals surface area contributed by atoms with Crippen LogP contribution >= 0.6 is 12.2 Å². The van der Waals surface area contributed by atoms with E-state index in [0.29, 0.717) is 5.11 Å². The van der Waals surface area contributed by atoms with Gasteiger partial charge in [0, 0.05) is 11.4 Å². The number of hydrogen-bond acceptors (Lipinski definition) is 1. The standard InChI is InChI=1S/C15H16N2S/c1-11-8-9-14(10-12(11)2)17-15(18)16-13-6-4-3-5-7-13/h3-10H,1-2H3,(H2,16,17,18). The van der Waals surface area contributed by atoms with Gasteiger partial charge in [-0.2, -0.15) is 0 Å². The zero-order chi connectivity index (χ0) is 13.0. The zero-order valence-electron chi connectivity index (χ0n) is 10.5. The molecule has 18 heavy (non-hydrogen) atoms. The zero-order valence-corrected chi connectivity index (χ0v) is 11.3. The summed E-state index contributed by atoms with van der Waals surface area (Å²) >= 11 is 5.27. The summed E-state index contributed by atoms with van der Waals surface area (Å²) < 4.78 is 0. The molecule has 0 aromatic heterocycles. The first kappa shape index (κ1) is 12.6. The molecule has 0 spiro atoms. The van der Waals surface area contributed by atoms with Crippen molar-refractivity contribution in [2.45, 2.75) is 13.8 Å². The maximum absolute atomic E-state index is 5.27. The van der Waals surface area contributed by atoms with E-state index in [1.807, 2.05) is 36.4 Å². The molecular formula is C15H16N2S. The highest BCUT2D eigenvalue weighted by molar-refractivity contribution is 7.80. The molecule has 0 amide bonds. The van der Waals surface area contributed by atoms with Gasteiger partial charge in [-0.05, 0) is 61.5 Å². The van der Waals surface area contributed by atoms with Gasteiger partial charge in [0.15, 0.2) is 5.11 Å². The van der Waals surface area contributed by atoms with Crippen LogP contribution < -0.4 is 10.6 Å². The Morgan fingerprint density at radius 1 is 0.833 bits per heavy atom. The van der Waals surface area contributed by atoms with E-state index in [1.54, 1.807) is 0 Å². The molecule has 0 unspecified atom stereocenters. The van der Waals surface area contributed by atoms with Crippen molar-refractivity contribution in [2.24, 2.45) is 0 Å². The van der Waals surface area contributed by atoms with Crippen LogP contribution in [0.3, 0.4) is 0 Å². The predicted molar refractivity (Wildman–Crippen MR) is 82.2 cm³/mol. The van der Waals surface area contributed by atoms with Crippen LogP contribution in [0.2, 0.25) is 0 Å². The summed E-state index contributed by atoms with van der Waals surface area (Å²) in [6, 6.07) is 16.1. The number of aryl methyl sites for hydroxylation is 2. The van der Waals surface area contributed by atoms with Crippen LogP contribution in [0.5, 0.6) is 0 Å². The fourth-order valence-electron chi connectivity index (χ4n) is 1.63. The van der Waals surface area contributed by atoms with Gasteiger partial charge in [-0.1, -0.05) is 24.3 Å². The van der Waals surface area contributed by atoms with Crippen LogP contribution in [0.1, 0.15) is 11.1 Å². The van der Waals surface area contributed by atoms with Crippen molar-refractivity contribution in [3.8, 4) is 0 Å². The van der Waals surface area contributed by atoms with Crippen molar-refractivity contribution in [1.82, 2.24) is 0 Å². The lowest BCUT2D eigenvalue weighted by atomic mass is 10.1. The average Bonchev–Trinajstić information content (AvgIpc) is 2.35. The van der Waals surface area contributed by atoms with Crippen LogP contribution in [0.4, 0.5) is 11.4 Å². The van der Waals surface area contributed by atoms with E-state index >= 15 is 0 Å². The monoisotopic (exact) mass is 256 g/mol. The van der Waals surface area contributed by atoms with E-state index in [2.05, 4.69) is 36.6 Å². The normalized spacial score (nSPS) is 9.89. The molecule has 0 aliphatic rings. The van der Waals surface area contributed by atoms with Crippen LogP contribution in [-0.2, 0) is 0 Å². The second-order valence-electron chi connectivity index (χ2n) is 4.24. The summed E-state index contributed by atoms with van der Waals surface area (Å²) in [4.78, 5) is 0. The smallest absolute Gasteiger partial charge is 0.175 e. The first-order valence-corrected chi connectivity index (χ1v) is 6.26. The maximum Gasteiger partial charge on any atom is 0.175 e. The van der Waals surface area contributed by atoms with Crippen molar-refractivity contribution in [3.63, 3.8) is 0 Å². The molecule has 2 nitrogen and oxygen atoms in total. The van der Waals surface area contributed by atoms with Crippen molar-refractivity contribution in [3.05, 3.63) is 59.7 Å². The fraction of sp³-hybridized carbons (Fsp3) is 0.133. The minimum atomic E-state index is 0.601. The van der Waals surface area contributed by atoms with Gasteiger partial charge in [0.25, 0.3) is 0 Å². The Labute approximate surface area is 113 Å². The Morgan fingerprint density at radius 3 is 2.17 bits per heavy atom. The summed E-state index contributed by atoms with van der Waals surface area (Å²) in [7, 11) is 0. The SMILES string of the molecule is Cc1ccc(NC(=S)Nc2ccccc2)cc1C. The number of nitrogens with one attached hydrogen (secondary N) is 2. The molecular weight excluding hydrogens is 240 g/mol. The molecule has 2 aromatic rings. The van der Waals surface area contributed by atoms with Crippen LogP contribution in [0.15, 0.2) is 48.5 Å². The van der Waals surface area contributed by atoms with Crippen molar-refractivity contribution in [1.29, 1.82) is 0 Å². The van der Waals surface area contributed by atoms with Gasteiger partial charge in [0.2, 0.25) is 0 Å². The van der Waals surface area contributed by atoms with Crippen molar-refractivity contribution < 1.29 is 0 Å². The van der Waals surface area contributed by atoms with Crippen LogP contribution in [0, 0.1) is 13.8 Å². The summed E-state index contributed by atoms with van der Waals surface area (Å²) in [6.45, 7) is 4.19. The Balaban J connectivity index is 2.01. The molecule has 0 aliphatic carbocycles. The highest BCUT2D eigenvalue weighted by Gasteiger charge is 2.00. The molecule has 0 saturated heterocycles. The fourth-order valence-corrected chi connectivity index (χ4v) is 1.87. The van der Waals surface area contributed by atoms with E-state index in [0.717, 1.165) is 11.4 Å². The number of para-hydroxylation sites is 1. The van der Waals surface area contributed by atoms with Crippen molar-refractivity contribution in [2.75, 3.05) is 10.6 Å². The highest BCUT2D eigenvalue weighted by atomic mass is 32.1. The summed E-state index contributed by atoms with van der Waals surface area (Å²) in [5.41, 5.74) is 4.52. The minimum absolute atomic E-state index is 0.601. The molecule has 0 fully saturated rings. The van der Waals surface area contributed by atoms with E-state index in [9.17, 15) is 0 Å². The number of hydrogen-bond donors (Lipinski definition) is 2. The Kier molecular flexibility index (Phi) is 3.95. The molecule has 0 aliphatic heterocycles. The molecule has 2 rings (SSSR count). The van der Waals surface area contributed by atoms with Gasteiger partial charge in [-0.3, -0.25) is 0 Å². The number of thiocarbonyl (C=S) groups is 1. The lowest BCUT2D eigenvalue weighted by Crippen LogP contribution is -2.19. The second kappa shape index (κ2) is 5.65. The molecule has 3 heteroatoms.